The molecule has 0 amide bonds. The molecule has 1 aliphatic heterocycles. The fraction of sp³-hybridized carbons (Fsp3) is 0.562. The van der Waals surface area contributed by atoms with Gasteiger partial charge in [-0.2, -0.15) is 13.2 Å². The largest absolute Gasteiger partial charge is 0.487 e. The first-order valence-corrected chi connectivity index (χ1v) is 7.19. The minimum absolute atomic E-state index is 0.00130. The zero-order valence-electron chi connectivity index (χ0n) is 13.2. The maximum atomic E-state index is 12.9. The predicted molar refractivity (Wildman–Crippen MR) is 75.9 cm³/mol. The Morgan fingerprint density at radius 2 is 2.04 bits per heavy atom. The van der Waals surface area contributed by atoms with E-state index in [4.69, 9.17) is 9.47 Å². The molecule has 1 atom stereocenters. The van der Waals surface area contributed by atoms with Gasteiger partial charge in [0.25, 0.3) is 0 Å². The Hall–Kier alpha value is -1.76. The van der Waals surface area contributed by atoms with Crippen molar-refractivity contribution in [3.05, 3.63) is 29.3 Å². The summed E-state index contributed by atoms with van der Waals surface area (Å²) in [5, 5.41) is 10.9. The maximum absolute atomic E-state index is 12.9. The highest BCUT2D eigenvalue weighted by Gasteiger charge is 2.45. The van der Waals surface area contributed by atoms with Gasteiger partial charge in [-0.3, -0.25) is 4.79 Å². The third-order valence-corrected chi connectivity index (χ3v) is 3.74. The zero-order chi connectivity index (χ0) is 17.5. The fourth-order valence-corrected chi connectivity index (χ4v) is 2.89. The normalized spacial score (nSPS) is 22.9. The molecule has 0 fully saturated rings. The third kappa shape index (κ3) is 3.96. The van der Waals surface area contributed by atoms with Gasteiger partial charge in [0.05, 0.1) is 12.2 Å². The maximum Gasteiger partial charge on any atom is 0.416 e. The zero-order valence-corrected chi connectivity index (χ0v) is 13.2. The van der Waals surface area contributed by atoms with Crippen LogP contribution in [0.4, 0.5) is 13.2 Å². The Morgan fingerprint density at radius 1 is 1.39 bits per heavy atom. The van der Waals surface area contributed by atoms with Crippen LogP contribution in [0.1, 0.15) is 44.7 Å². The minimum Gasteiger partial charge on any atom is -0.487 e. The molecule has 0 aliphatic carbocycles. The van der Waals surface area contributed by atoms with Gasteiger partial charge >= 0.3 is 12.1 Å². The van der Waals surface area contributed by atoms with Crippen LogP contribution in [-0.4, -0.2) is 23.3 Å². The van der Waals surface area contributed by atoms with Gasteiger partial charge in [-0.1, -0.05) is 6.07 Å². The Bertz CT molecular complexity index is 610. The number of carbonyl (C=O) groups is 1. The van der Waals surface area contributed by atoms with E-state index in [1.807, 2.05) is 0 Å². The van der Waals surface area contributed by atoms with Crippen molar-refractivity contribution >= 4 is 5.97 Å². The first-order chi connectivity index (χ1) is 10.4. The van der Waals surface area contributed by atoms with Crippen molar-refractivity contribution < 1.29 is 32.5 Å². The van der Waals surface area contributed by atoms with E-state index < -0.39 is 28.9 Å². The molecule has 0 saturated heterocycles. The standard InChI is InChI=1S/C16H19F3O4/c1-10(20)22-7-6-15(21)9-14(2,3)23-13-8-11(16(17,18)19)4-5-12(13)15/h4-5,8,21H,6-7,9H2,1-3H3. The second kappa shape index (κ2) is 5.70. The topological polar surface area (TPSA) is 55.8 Å². The number of fused-ring (bicyclic) bond motifs is 1. The number of ether oxygens (including phenoxy) is 2. The molecule has 0 aromatic heterocycles. The Balaban J connectivity index is 2.38. The lowest BCUT2D eigenvalue weighted by Crippen LogP contribution is -2.45. The molecule has 7 heteroatoms. The van der Waals surface area contributed by atoms with Gasteiger partial charge < -0.3 is 14.6 Å². The number of alkyl halides is 3. The molecule has 0 saturated carbocycles. The van der Waals surface area contributed by atoms with Crippen LogP contribution in [0, 0.1) is 0 Å². The number of hydrogen-bond donors (Lipinski definition) is 1. The summed E-state index contributed by atoms with van der Waals surface area (Å²) in [6, 6.07) is 3.03. The molecular weight excluding hydrogens is 313 g/mol. The van der Waals surface area contributed by atoms with Crippen molar-refractivity contribution in [2.45, 2.75) is 51.0 Å². The first-order valence-electron chi connectivity index (χ1n) is 7.19. The highest BCUT2D eigenvalue weighted by atomic mass is 19.4. The second-order valence-electron chi connectivity index (χ2n) is 6.37. The molecule has 0 spiro atoms. The monoisotopic (exact) mass is 332 g/mol. The van der Waals surface area contributed by atoms with Gasteiger partial charge in [0.15, 0.2) is 0 Å². The number of halogens is 3. The number of aliphatic hydroxyl groups is 1. The number of carbonyl (C=O) groups excluding carboxylic acids is 1. The minimum atomic E-state index is -4.49. The first kappa shape index (κ1) is 17.6. The molecule has 1 unspecified atom stereocenters. The number of esters is 1. The van der Waals surface area contributed by atoms with Crippen molar-refractivity contribution in [2.75, 3.05) is 6.61 Å². The van der Waals surface area contributed by atoms with E-state index in [9.17, 15) is 23.1 Å². The van der Waals surface area contributed by atoms with Gasteiger partial charge in [-0.15, -0.1) is 0 Å². The molecule has 4 nitrogen and oxygen atoms in total. The Kier molecular flexibility index (Phi) is 4.36. The number of hydrogen-bond acceptors (Lipinski definition) is 4. The molecule has 1 aliphatic rings. The number of benzene rings is 1. The van der Waals surface area contributed by atoms with Crippen LogP contribution in [0.25, 0.3) is 0 Å². The molecule has 0 bridgehead atoms. The molecule has 1 heterocycles. The van der Waals surface area contributed by atoms with Crippen molar-refractivity contribution in [2.24, 2.45) is 0 Å². The summed E-state index contributed by atoms with van der Waals surface area (Å²) in [6.45, 7) is 4.60. The van der Waals surface area contributed by atoms with E-state index in [0.717, 1.165) is 12.1 Å². The average molecular weight is 332 g/mol. The van der Waals surface area contributed by atoms with E-state index in [0.29, 0.717) is 0 Å². The lowest BCUT2D eigenvalue weighted by atomic mass is 9.78. The smallest absolute Gasteiger partial charge is 0.416 e. The van der Waals surface area contributed by atoms with E-state index >= 15 is 0 Å². The molecule has 128 valence electrons. The Morgan fingerprint density at radius 3 is 2.61 bits per heavy atom. The molecule has 23 heavy (non-hydrogen) atoms. The quantitative estimate of drug-likeness (QED) is 0.862. The Labute approximate surface area is 132 Å². The van der Waals surface area contributed by atoms with E-state index in [-0.39, 0.29) is 30.8 Å². The summed E-state index contributed by atoms with van der Waals surface area (Å²) >= 11 is 0. The fourth-order valence-electron chi connectivity index (χ4n) is 2.89. The van der Waals surface area contributed by atoms with Crippen molar-refractivity contribution in [1.29, 1.82) is 0 Å². The van der Waals surface area contributed by atoms with Gasteiger partial charge in [-0.25, -0.2) is 0 Å². The van der Waals surface area contributed by atoms with Crippen molar-refractivity contribution in [3.8, 4) is 5.75 Å². The highest BCUT2D eigenvalue weighted by molar-refractivity contribution is 5.65. The molecule has 1 N–H and O–H groups in total. The second-order valence-corrected chi connectivity index (χ2v) is 6.37. The molecule has 1 aromatic carbocycles. The third-order valence-electron chi connectivity index (χ3n) is 3.74. The summed E-state index contributed by atoms with van der Waals surface area (Å²) in [5.74, 6) is -0.478. The predicted octanol–water partition coefficient (Wildman–Crippen LogP) is 3.41. The summed E-state index contributed by atoms with van der Waals surface area (Å²) in [7, 11) is 0. The van der Waals surface area contributed by atoms with E-state index in [1.54, 1.807) is 13.8 Å². The summed E-state index contributed by atoms with van der Waals surface area (Å²) in [4.78, 5) is 10.9. The van der Waals surface area contributed by atoms with Crippen LogP contribution in [0.5, 0.6) is 5.75 Å². The van der Waals surface area contributed by atoms with Crippen LogP contribution in [0.3, 0.4) is 0 Å². The van der Waals surface area contributed by atoms with Crippen LogP contribution < -0.4 is 4.74 Å². The van der Waals surface area contributed by atoms with E-state index in [2.05, 4.69) is 0 Å². The molecule has 2 rings (SSSR count). The van der Waals surface area contributed by atoms with Crippen LogP contribution in [0.15, 0.2) is 18.2 Å². The average Bonchev–Trinajstić information content (AvgIpc) is 2.34. The van der Waals surface area contributed by atoms with Crippen LogP contribution in [-0.2, 0) is 21.3 Å². The van der Waals surface area contributed by atoms with Crippen LogP contribution >= 0.6 is 0 Å². The molecule has 1 aromatic rings. The van der Waals surface area contributed by atoms with Gasteiger partial charge in [-0.05, 0) is 26.0 Å². The van der Waals surface area contributed by atoms with Crippen molar-refractivity contribution in [3.63, 3.8) is 0 Å². The lowest BCUT2D eigenvalue weighted by molar-refractivity contribution is -0.144. The number of rotatable bonds is 3. The summed E-state index contributed by atoms with van der Waals surface area (Å²) in [5.41, 5.74) is -2.83. The SMILES string of the molecule is CC(=O)OCCC1(O)CC(C)(C)Oc2cc(C(F)(F)F)ccc21. The van der Waals surface area contributed by atoms with Crippen LogP contribution in [0.2, 0.25) is 0 Å². The molecule has 0 radical (unpaired) electrons. The molecular formula is C16H19F3O4. The van der Waals surface area contributed by atoms with E-state index in [1.165, 1.54) is 13.0 Å². The van der Waals surface area contributed by atoms with Gasteiger partial charge in [0.1, 0.15) is 17.0 Å². The van der Waals surface area contributed by atoms with Gasteiger partial charge in [0, 0.05) is 25.3 Å². The van der Waals surface area contributed by atoms with Gasteiger partial charge in [0.2, 0.25) is 0 Å². The highest BCUT2D eigenvalue weighted by Crippen LogP contribution is 2.47. The summed E-state index contributed by atoms with van der Waals surface area (Å²) < 4.78 is 49.0. The van der Waals surface area contributed by atoms with Crippen molar-refractivity contribution in [1.82, 2.24) is 0 Å². The lowest BCUT2D eigenvalue weighted by Gasteiger charge is -2.43. The summed E-state index contributed by atoms with van der Waals surface area (Å²) in [6.07, 6.45) is -4.23.